The molecule has 0 aliphatic carbocycles. The van der Waals surface area contributed by atoms with Crippen LogP contribution in [0.3, 0.4) is 0 Å². The smallest absolute Gasteiger partial charge is 0.387 e. The molecule has 0 spiro atoms. The van der Waals surface area contributed by atoms with Crippen molar-refractivity contribution in [3.05, 3.63) is 35.4 Å². The lowest BCUT2D eigenvalue weighted by atomic mass is 9.93. The minimum Gasteiger partial charge on any atom is -0.434 e. The molecule has 0 amide bonds. The van der Waals surface area contributed by atoms with E-state index < -0.39 is 12.2 Å². The molecule has 1 aromatic carbocycles. The van der Waals surface area contributed by atoms with E-state index >= 15 is 0 Å². The number of halogens is 2. The monoisotopic (exact) mass is 328 g/mol. The highest BCUT2D eigenvalue weighted by Gasteiger charge is 2.28. The lowest BCUT2D eigenvalue weighted by Gasteiger charge is -2.34. The largest absolute Gasteiger partial charge is 0.434 e. The lowest BCUT2D eigenvalue weighted by molar-refractivity contribution is -0.0507. The summed E-state index contributed by atoms with van der Waals surface area (Å²) < 4.78 is 29.6. The van der Waals surface area contributed by atoms with Crippen molar-refractivity contribution >= 4 is 5.69 Å². The topological polar surface area (TPSA) is 79.0 Å². The third-order valence-corrected chi connectivity index (χ3v) is 3.93. The van der Waals surface area contributed by atoms with Crippen molar-refractivity contribution in [3.63, 3.8) is 0 Å². The van der Waals surface area contributed by atoms with Gasteiger partial charge in [0.15, 0.2) is 0 Å². The highest BCUT2D eigenvalue weighted by Crippen LogP contribution is 2.28. The van der Waals surface area contributed by atoms with Crippen LogP contribution in [0.2, 0.25) is 0 Å². The van der Waals surface area contributed by atoms with E-state index in [2.05, 4.69) is 4.74 Å². The average molecular weight is 328 g/mol. The van der Waals surface area contributed by atoms with Crippen LogP contribution in [0.1, 0.15) is 18.9 Å². The van der Waals surface area contributed by atoms with E-state index in [1.54, 1.807) is 19.1 Å². The molecule has 0 radical (unpaired) electrons. The molecular formula is C16H22F2N2O3. The van der Waals surface area contributed by atoms with Gasteiger partial charge in [0.2, 0.25) is 0 Å². The van der Waals surface area contributed by atoms with Gasteiger partial charge in [-0.25, -0.2) is 0 Å². The summed E-state index contributed by atoms with van der Waals surface area (Å²) in [4.78, 5) is 2.00. The van der Waals surface area contributed by atoms with E-state index in [1.807, 2.05) is 11.0 Å². The summed E-state index contributed by atoms with van der Waals surface area (Å²) in [6, 6.07) is 4.68. The van der Waals surface area contributed by atoms with Gasteiger partial charge in [0, 0.05) is 37.0 Å². The maximum Gasteiger partial charge on any atom is 0.387 e. The molecule has 23 heavy (non-hydrogen) atoms. The molecule has 1 heterocycles. The van der Waals surface area contributed by atoms with Crippen LogP contribution in [-0.4, -0.2) is 47.0 Å². The molecule has 0 saturated heterocycles. The Hall–Kier alpha value is -1.70. The molecule has 1 aliphatic heterocycles. The predicted molar refractivity (Wildman–Crippen MR) is 83.2 cm³/mol. The number of benzene rings is 1. The molecule has 5 nitrogen and oxygen atoms in total. The Balaban J connectivity index is 2.12. The van der Waals surface area contributed by atoms with E-state index in [0.29, 0.717) is 30.8 Å². The third kappa shape index (κ3) is 4.63. The van der Waals surface area contributed by atoms with Crippen molar-refractivity contribution < 1.29 is 23.7 Å². The van der Waals surface area contributed by atoms with Gasteiger partial charge in [0.25, 0.3) is 0 Å². The van der Waals surface area contributed by atoms with Crippen molar-refractivity contribution in [3.8, 4) is 5.75 Å². The first-order valence-corrected chi connectivity index (χ1v) is 7.40. The number of hydrogen-bond acceptors (Lipinski definition) is 5. The molecule has 128 valence electrons. The van der Waals surface area contributed by atoms with Crippen LogP contribution in [0, 0.1) is 0 Å². The molecule has 0 bridgehead atoms. The van der Waals surface area contributed by atoms with Gasteiger partial charge in [-0.2, -0.15) is 8.78 Å². The number of nitrogens with zero attached hydrogens (tertiary/aromatic N) is 1. The quantitative estimate of drug-likeness (QED) is 0.548. The number of nitrogens with two attached hydrogens (primary N) is 1. The summed E-state index contributed by atoms with van der Waals surface area (Å²) in [5.41, 5.74) is 6.02. The van der Waals surface area contributed by atoms with E-state index in [-0.39, 0.29) is 12.4 Å². The Labute approximate surface area is 134 Å². The first kappa shape index (κ1) is 17.7. The molecule has 1 aliphatic rings. The van der Waals surface area contributed by atoms with Crippen LogP contribution >= 0.6 is 0 Å². The summed E-state index contributed by atoms with van der Waals surface area (Å²) >= 11 is 0. The molecule has 7 heteroatoms. The summed E-state index contributed by atoms with van der Waals surface area (Å²) in [6.45, 7) is -0.162. The zero-order valence-corrected chi connectivity index (χ0v) is 13.0. The first-order chi connectivity index (χ1) is 10.8. The van der Waals surface area contributed by atoms with Crippen LogP contribution in [-0.2, 0) is 6.54 Å². The molecule has 0 fully saturated rings. The Morgan fingerprint density at radius 3 is 2.83 bits per heavy atom. The van der Waals surface area contributed by atoms with Gasteiger partial charge in [-0.15, -0.1) is 0 Å². The van der Waals surface area contributed by atoms with Gasteiger partial charge in [-0.3, -0.25) is 4.90 Å². The SMILES string of the molecule is C[C@@](O)(CO)C1=CCCN(Cc2ccc(N)cc2OC(F)F)C1. The molecule has 4 N–H and O–H groups in total. The number of rotatable bonds is 6. The molecule has 1 atom stereocenters. The fourth-order valence-corrected chi connectivity index (χ4v) is 2.58. The Morgan fingerprint density at radius 2 is 2.17 bits per heavy atom. The number of aliphatic hydroxyl groups is 2. The van der Waals surface area contributed by atoms with Crippen molar-refractivity contribution in [1.29, 1.82) is 0 Å². The van der Waals surface area contributed by atoms with Gasteiger partial charge in [0.1, 0.15) is 11.4 Å². The summed E-state index contributed by atoms with van der Waals surface area (Å²) in [6.07, 6.45) is 2.62. The van der Waals surface area contributed by atoms with E-state index in [1.165, 1.54) is 6.07 Å². The minimum atomic E-state index is -2.91. The van der Waals surface area contributed by atoms with Crippen LogP contribution < -0.4 is 10.5 Å². The number of hydrogen-bond donors (Lipinski definition) is 3. The number of alkyl halides is 2. The van der Waals surface area contributed by atoms with Gasteiger partial charge in [0.05, 0.1) is 6.61 Å². The molecule has 0 saturated carbocycles. The highest BCUT2D eigenvalue weighted by molar-refractivity contribution is 5.48. The van der Waals surface area contributed by atoms with Crippen LogP contribution in [0.15, 0.2) is 29.8 Å². The van der Waals surface area contributed by atoms with Gasteiger partial charge in [-0.05, 0) is 25.0 Å². The summed E-state index contributed by atoms with van der Waals surface area (Å²) in [5, 5.41) is 19.4. The summed E-state index contributed by atoms with van der Waals surface area (Å²) in [7, 11) is 0. The maximum absolute atomic E-state index is 12.5. The van der Waals surface area contributed by atoms with E-state index in [9.17, 15) is 19.0 Å². The standard InChI is InChI=1S/C16H22F2N2O3/c1-16(22,10-21)12-3-2-6-20(9-12)8-11-4-5-13(19)7-14(11)23-15(17)18/h3-5,7,15,21-22H,2,6,8-10,19H2,1H3/t16-/m1/s1. The number of ether oxygens (including phenoxy) is 1. The third-order valence-electron chi connectivity index (χ3n) is 3.93. The fraction of sp³-hybridized carbons (Fsp3) is 0.500. The van der Waals surface area contributed by atoms with Crippen molar-refractivity contribution in [2.45, 2.75) is 32.1 Å². The van der Waals surface area contributed by atoms with E-state index in [4.69, 9.17) is 5.73 Å². The Kier molecular flexibility index (Phi) is 5.56. The number of anilines is 1. The van der Waals surface area contributed by atoms with Crippen molar-refractivity contribution in [2.24, 2.45) is 0 Å². The van der Waals surface area contributed by atoms with Gasteiger partial charge < -0.3 is 20.7 Å². The Bertz CT molecular complexity index is 576. The van der Waals surface area contributed by atoms with Crippen LogP contribution in [0.5, 0.6) is 5.75 Å². The second kappa shape index (κ2) is 7.25. The zero-order chi connectivity index (χ0) is 17.0. The van der Waals surface area contributed by atoms with Crippen LogP contribution in [0.25, 0.3) is 0 Å². The maximum atomic E-state index is 12.5. The fourth-order valence-electron chi connectivity index (χ4n) is 2.58. The van der Waals surface area contributed by atoms with Crippen molar-refractivity contribution in [1.82, 2.24) is 4.90 Å². The Morgan fingerprint density at radius 1 is 1.43 bits per heavy atom. The molecule has 1 aromatic rings. The van der Waals surface area contributed by atoms with Gasteiger partial charge >= 0.3 is 6.61 Å². The second-order valence-corrected chi connectivity index (χ2v) is 5.91. The molecule has 2 rings (SSSR count). The molecule has 0 aromatic heterocycles. The number of aliphatic hydroxyl groups excluding tert-OH is 1. The van der Waals surface area contributed by atoms with Gasteiger partial charge in [-0.1, -0.05) is 12.1 Å². The zero-order valence-electron chi connectivity index (χ0n) is 13.0. The highest BCUT2D eigenvalue weighted by atomic mass is 19.3. The summed E-state index contributed by atoms with van der Waals surface area (Å²) in [5.74, 6) is 0.0602. The first-order valence-electron chi connectivity index (χ1n) is 7.40. The lowest BCUT2D eigenvalue weighted by Crippen LogP contribution is -2.40. The molecule has 0 unspecified atom stereocenters. The normalized spacial score (nSPS) is 18.6. The van der Waals surface area contributed by atoms with Crippen LogP contribution in [0.4, 0.5) is 14.5 Å². The average Bonchev–Trinajstić information content (AvgIpc) is 2.50. The molecular weight excluding hydrogens is 306 g/mol. The predicted octanol–water partition coefficient (Wildman–Crippen LogP) is 1.75. The number of nitrogen functional groups attached to an aromatic ring is 1. The van der Waals surface area contributed by atoms with Crippen molar-refractivity contribution in [2.75, 3.05) is 25.4 Å². The minimum absolute atomic E-state index is 0.0602. The second-order valence-electron chi connectivity index (χ2n) is 5.91. The van der Waals surface area contributed by atoms with E-state index in [0.717, 1.165) is 12.1 Å².